The van der Waals surface area contributed by atoms with Crippen molar-refractivity contribution in [1.29, 1.82) is 0 Å². The van der Waals surface area contributed by atoms with Crippen LogP contribution >= 0.6 is 0 Å². The van der Waals surface area contributed by atoms with Gasteiger partial charge in [-0.25, -0.2) is 0 Å². The van der Waals surface area contributed by atoms with Crippen molar-refractivity contribution < 1.29 is 37.3 Å². The summed E-state index contributed by atoms with van der Waals surface area (Å²) >= 11 is 0. The van der Waals surface area contributed by atoms with Gasteiger partial charge in [-0.15, -0.1) is 13.2 Å². The van der Waals surface area contributed by atoms with Crippen LogP contribution in [0.2, 0.25) is 0 Å². The highest BCUT2D eigenvalue weighted by Gasteiger charge is 2.47. The van der Waals surface area contributed by atoms with Gasteiger partial charge in [0.1, 0.15) is 17.3 Å². The molecule has 0 saturated carbocycles. The van der Waals surface area contributed by atoms with Gasteiger partial charge in [-0.3, -0.25) is 19.5 Å². The van der Waals surface area contributed by atoms with Crippen molar-refractivity contribution in [1.82, 2.24) is 4.98 Å². The largest absolute Gasteiger partial charge is 0.573 e. The third-order valence-corrected chi connectivity index (χ3v) is 6.00. The summed E-state index contributed by atoms with van der Waals surface area (Å²) in [7, 11) is 0. The number of carbonyl (C=O) groups excluding carboxylic acids is 2. The molecular formula is C28H25F3N2O5. The molecule has 38 heavy (non-hydrogen) atoms. The lowest BCUT2D eigenvalue weighted by Gasteiger charge is -2.26. The second kappa shape index (κ2) is 10.6. The van der Waals surface area contributed by atoms with E-state index in [1.165, 1.54) is 24.5 Å². The number of ketones is 1. The molecule has 198 valence electrons. The van der Waals surface area contributed by atoms with Crippen LogP contribution in [0.5, 0.6) is 11.5 Å². The number of aliphatic hydroxyl groups is 1. The monoisotopic (exact) mass is 526 g/mol. The van der Waals surface area contributed by atoms with E-state index in [0.717, 1.165) is 22.6 Å². The van der Waals surface area contributed by atoms with Crippen molar-refractivity contribution in [2.45, 2.75) is 39.1 Å². The summed E-state index contributed by atoms with van der Waals surface area (Å²) in [6.07, 6.45) is -2.04. The minimum absolute atomic E-state index is 0.00993. The molecule has 2 aromatic carbocycles. The molecule has 0 aliphatic carbocycles. The minimum Gasteiger partial charge on any atom is -0.507 e. The summed E-state index contributed by atoms with van der Waals surface area (Å²) in [6, 6.07) is 11.7. The first kappa shape index (κ1) is 26.7. The lowest BCUT2D eigenvalue weighted by molar-refractivity contribution is -0.274. The van der Waals surface area contributed by atoms with Gasteiger partial charge in [-0.05, 0) is 66.4 Å². The van der Waals surface area contributed by atoms with Gasteiger partial charge >= 0.3 is 6.36 Å². The highest BCUT2D eigenvalue weighted by Crippen LogP contribution is 2.43. The second-order valence-corrected chi connectivity index (χ2v) is 8.84. The molecule has 1 aromatic heterocycles. The van der Waals surface area contributed by atoms with Crippen molar-refractivity contribution in [3.05, 3.63) is 89.3 Å². The number of hydrogen-bond acceptors (Lipinski definition) is 6. The standard InChI is InChI=1S/C28H25F3N2O5/c1-4-37-22-9-8-18(14-21(22)16(2)3)25(34)23-24(17-10-12-32-13-11-17)33(27(36)26(23)35)19-6-5-7-20(15-19)38-28(29,30)31/h5-16,24,34H,4H2,1-3H3/b25-23-. The molecule has 1 saturated heterocycles. The molecule has 1 aliphatic heterocycles. The third kappa shape index (κ3) is 5.34. The Hall–Kier alpha value is -4.34. The van der Waals surface area contributed by atoms with Crippen LogP contribution in [0.4, 0.5) is 18.9 Å². The molecule has 1 atom stereocenters. The van der Waals surface area contributed by atoms with Crippen molar-refractivity contribution >= 4 is 23.1 Å². The quantitative estimate of drug-likeness (QED) is 0.226. The molecule has 2 heterocycles. The molecule has 7 nitrogen and oxygen atoms in total. The van der Waals surface area contributed by atoms with Crippen molar-refractivity contribution in [3.63, 3.8) is 0 Å². The van der Waals surface area contributed by atoms with Crippen molar-refractivity contribution in [2.24, 2.45) is 0 Å². The number of alkyl halides is 3. The number of pyridine rings is 1. The van der Waals surface area contributed by atoms with Crippen LogP contribution in [0.15, 0.2) is 72.6 Å². The number of Topliss-reactive ketones (excluding diaryl/α,β-unsaturated/α-hetero) is 1. The number of hydrogen-bond donors (Lipinski definition) is 1. The van der Waals surface area contributed by atoms with Gasteiger partial charge in [0.05, 0.1) is 18.2 Å². The van der Waals surface area contributed by atoms with Crippen LogP contribution in [-0.4, -0.2) is 34.8 Å². The second-order valence-electron chi connectivity index (χ2n) is 8.84. The van der Waals surface area contributed by atoms with Crippen LogP contribution in [0.1, 0.15) is 49.4 Å². The predicted molar refractivity (Wildman–Crippen MR) is 134 cm³/mol. The normalized spacial score (nSPS) is 17.2. The molecule has 0 radical (unpaired) electrons. The van der Waals surface area contributed by atoms with Gasteiger partial charge < -0.3 is 14.6 Å². The van der Waals surface area contributed by atoms with Gasteiger partial charge in [0.2, 0.25) is 0 Å². The van der Waals surface area contributed by atoms with E-state index in [1.54, 1.807) is 30.3 Å². The Morgan fingerprint density at radius 1 is 1.08 bits per heavy atom. The Labute approximate surface area is 217 Å². The average molecular weight is 527 g/mol. The Balaban J connectivity index is 1.89. The van der Waals surface area contributed by atoms with Gasteiger partial charge in [0.15, 0.2) is 0 Å². The van der Waals surface area contributed by atoms with E-state index in [2.05, 4.69) is 9.72 Å². The molecule has 0 spiro atoms. The van der Waals surface area contributed by atoms with E-state index >= 15 is 0 Å². The smallest absolute Gasteiger partial charge is 0.507 e. The maximum atomic E-state index is 13.3. The maximum absolute atomic E-state index is 13.3. The van der Waals surface area contributed by atoms with Crippen LogP contribution in [-0.2, 0) is 9.59 Å². The zero-order chi connectivity index (χ0) is 27.6. The van der Waals surface area contributed by atoms with Crippen molar-refractivity contribution in [2.75, 3.05) is 11.5 Å². The molecule has 4 rings (SSSR count). The molecular weight excluding hydrogens is 501 g/mol. The van der Waals surface area contributed by atoms with Gasteiger partial charge in [-0.2, -0.15) is 0 Å². The Morgan fingerprint density at radius 3 is 2.42 bits per heavy atom. The highest BCUT2D eigenvalue weighted by molar-refractivity contribution is 6.51. The fourth-order valence-corrected chi connectivity index (χ4v) is 4.38. The summed E-state index contributed by atoms with van der Waals surface area (Å²) in [5.41, 5.74) is 1.30. The SMILES string of the molecule is CCOc1ccc(/C(O)=C2/C(=O)C(=O)N(c3cccc(OC(F)(F)F)c3)C2c2ccncc2)cc1C(C)C. The number of aromatic nitrogens is 1. The third-order valence-electron chi connectivity index (χ3n) is 6.00. The highest BCUT2D eigenvalue weighted by atomic mass is 19.4. The van der Waals surface area contributed by atoms with E-state index in [1.807, 2.05) is 20.8 Å². The first-order chi connectivity index (χ1) is 18.0. The molecule has 1 N–H and O–H groups in total. The first-order valence-electron chi connectivity index (χ1n) is 11.9. The van der Waals surface area contributed by atoms with Gasteiger partial charge in [0.25, 0.3) is 11.7 Å². The molecule has 1 unspecified atom stereocenters. The van der Waals surface area contributed by atoms with E-state index in [0.29, 0.717) is 23.5 Å². The van der Waals surface area contributed by atoms with E-state index in [4.69, 9.17) is 4.74 Å². The molecule has 0 bridgehead atoms. The summed E-state index contributed by atoms with van der Waals surface area (Å²) in [5, 5.41) is 11.4. The number of anilines is 1. The molecule has 10 heteroatoms. The predicted octanol–water partition coefficient (Wildman–Crippen LogP) is 6.13. The number of carbonyl (C=O) groups is 2. The number of aliphatic hydroxyl groups excluding tert-OH is 1. The number of benzene rings is 2. The minimum atomic E-state index is -4.95. The van der Waals surface area contributed by atoms with Crippen LogP contribution in [0.3, 0.4) is 0 Å². The van der Waals surface area contributed by atoms with Crippen LogP contribution in [0.25, 0.3) is 5.76 Å². The number of rotatable bonds is 7. The number of amides is 1. The average Bonchev–Trinajstić information content (AvgIpc) is 3.14. The lowest BCUT2D eigenvalue weighted by atomic mass is 9.93. The first-order valence-corrected chi connectivity index (χ1v) is 11.9. The molecule has 1 aliphatic rings. The van der Waals surface area contributed by atoms with Crippen molar-refractivity contribution in [3.8, 4) is 11.5 Å². The summed E-state index contributed by atoms with van der Waals surface area (Å²) in [4.78, 5) is 31.6. The maximum Gasteiger partial charge on any atom is 0.573 e. The fourth-order valence-electron chi connectivity index (χ4n) is 4.38. The number of ether oxygens (including phenoxy) is 2. The van der Waals surface area contributed by atoms with E-state index in [-0.39, 0.29) is 17.2 Å². The summed E-state index contributed by atoms with van der Waals surface area (Å²) in [6.45, 7) is 6.19. The topological polar surface area (TPSA) is 89.0 Å². The fraction of sp³-hybridized carbons (Fsp3) is 0.250. The van der Waals surface area contributed by atoms with Gasteiger partial charge in [-0.1, -0.05) is 19.9 Å². The van der Waals surface area contributed by atoms with E-state index < -0.39 is 35.6 Å². The summed E-state index contributed by atoms with van der Waals surface area (Å²) < 4.78 is 48.2. The van der Waals surface area contributed by atoms with Crippen LogP contribution in [0, 0.1) is 0 Å². The summed E-state index contributed by atoms with van der Waals surface area (Å²) in [5.74, 6) is -2.30. The Morgan fingerprint density at radius 2 is 1.79 bits per heavy atom. The van der Waals surface area contributed by atoms with Crippen LogP contribution < -0.4 is 14.4 Å². The molecule has 1 fully saturated rings. The number of halogens is 3. The molecule has 3 aromatic rings. The Kier molecular flexibility index (Phi) is 7.43. The zero-order valence-corrected chi connectivity index (χ0v) is 20.8. The van der Waals surface area contributed by atoms with E-state index in [9.17, 15) is 27.9 Å². The number of nitrogens with zero attached hydrogens (tertiary/aromatic N) is 2. The lowest BCUT2D eigenvalue weighted by Crippen LogP contribution is -2.29. The Bertz CT molecular complexity index is 1390. The zero-order valence-electron chi connectivity index (χ0n) is 20.8. The molecule has 1 amide bonds. The van der Waals surface area contributed by atoms with Gasteiger partial charge in [0, 0.05) is 29.7 Å².